The molecule has 29 heavy (non-hydrogen) atoms. The number of aliphatic carboxylic acids is 2. The van der Waals surface area contributed by atoms with Crippen LogP contribution in [-0.4, -0.2) is 48.0 Å². The van der Waals surface area contributed by atoms with E-state index < -0.39 is 11.9 Å². The largest absolute Gasteiger partial charge is 0.478 e. The van der Waals surface area contributed by atoms with Crippen molar-refractivity contribution in [3.8, 4) is 0 Å². The number of nitrogens with one attached hydrogen (secondary N) is 1. The summed E-state index contributed by atoms with van der Waals surface area (Å²) in [6, 6.07) is 6.48. The van der Waals surface area contributed by atoms with Crippen LogP contribution in [0, 0.1) is 0 Å². The standard InChI is InChI=1S/C17H25Cl2NO.C4H4O4/c1-3-10-21-11-9-20-13(2)17(7-4-8-17)14-5-6-15(18)16(19)12-14;5-3(6)1-2-4(7)8/h5-6,12-13,20H,3-4,7-11H2,1-2H3;1-2H,(H,5,6)(H,7,8)/b;2-1-. The van der Waals surface area contributed by atoms with Crippen molar-refractivity contribution in [3.63, 3.8) is 0 Å². The zero-order valence-electron chi connectivity index (χ0n) is 16.8. The van der Waals surface area contributed by atoms with Gasteiger partial charge in [0.05, 0.1) is 16.7 Å². The first-order chi connectivity index (χ1) is 13.7. The molecule has 1 aromatic carbocycles. The van der Waals surface area contributed by atoms with Gasteiger partial charge in [0, 0.05) is 36.8 Å². The first-order valence-corrected chi connectivity index (χ1v) is 10.4. The Morgan fingerprint density at radius 2 is 1.79 bits per heavy atom. The SMILES string of the molecule is CCCOCCNC(C)C1(c2ccc(Cl)c(Cl)c2)CCC1.O=C(O)/C=C\C(=O)O. The van der Waals surface area contributed by atoms with E-state index in [0.717, 1.165) is 26.2 Å². The van der Waals surface area contributed by atoms with Crippen molar-refractivity contribution < 1.29 is 24.5 Å². The third-order valence-electron chi connectivity index (χ3n) is 4.98. The van der Waals surface area contributed by atoms with Crippen molar-refractivity contribution >= 4 is 35.1 Å². The maximum absolute atomic E-state index is 9.55. The molecule has 3 N–H and O–H groups in total. The van der Waals surface area contributed by atoms with Crippen LogP contribution in [0.5, 0.6) is 0 Å². The highest BCUT2D eigenvalue weighted by Crippen LogP contribution is 2.47. The van der Waals surface area contributed by atoms with Crippen LogP contribution >= 0.6 is 23.2 Å². The summed E-state index contributed by atoms with van der Waals surface area (Å²) in [5, 5.41) is 20.5. The second-order valence-electron chi connectivity index (χ2n) is 6.94. The summed E-state index contributed by atoms with van der Waals surface area (Å²) in [5.74, 6) is -2.51. The van der Waals surface area contributed by atoms with Gasteiger partial charge in [0.15, 0.2) is 0 Å². The molecule has 2 rings (SSSR count). The minimum Gasteiger partial charge on any atom is -0.478 e. The van der Waals surface area contributed by atoms with Gasteiger partial charge in [-0.15, -0.1) is 0 Å². The van der Waals surface area contributed by atoms with Crippen LogP contribution in [-0.2, 0) is 19.7 Å². The summed E-state index contributed by atoms with van der Waals surface area (Å²) in [6.45, 7) is 6.90. The van der Waals surface area contributed by atoms with Crippen molar-refractivity contribution in [2.24, 2.45) is 0 Å². The molecule has 1 aliphatic carbocycles. The molecule has 1 atom stereocenters. The van der Waals surface area contributed by atoms with Crippen LogP contribution in [0.1, 0.15) is 45.1 Å². The van der Waals surface area contributed by atoms with E-state index >= 15 is 0 Å². The molecule has 1 saturated carbocycles. The number of benzene rings is 1. The summed E-state index contributed by atoms with van der Waals surface area (Å²) < 4.78 is 5.54. The first kappa shape index (κ1) is 25.4. The maximum atomic E-state index is 9.55. The van der Waals surface area contributed by atoms with E-state index in [9.17, 15) is 9.59 Å². The lowest BCUT2D eigenvalue weighted by molar-refractivity contribution is -0.134. The lowest BCUT2D eigenvalue weighted by Gasteiger charge is -2.47. The number of hydrogen-bond donors (Lipinski definition) is 3. The highest BCUT2D eigenvalue weighted by atomic mass is 35.5. The monoisotopic (exact) mass is 445 g/mol. The second kappa shape index (κ2) is 12.9. The molecule has 0 radical (unpaired) electrons. The van der Waals surface area contributed by atoms with Gasteiger partial charge in [0.1, 0.15) is 0 Å². The Labute approximate surface area is 181 Å². The predicted octanol–water partition coefficient (Wildman–Crippen LogP) is 4.53. The number of rotatable bonds is 10. The molecule has 0 heterocycles. The normalized spacial score (nSPS) is 15.9. The molecule has 8 heteroatoms. The zero-order chi connectivity index (χ0) is 21.9. The lowest BCUT2D eigenvalue weighted by Crippen LogP contribution is -2.51. The van der Waals surface area contributed by atoms with Gasteiger partial charge in [-0.3, -0.25) is 0 Å². The number of hydrogen-bond acceptors (Lipinski definition) is 4. The average molecular weight is 446 g/mol. The Kier molecular flexibility index (Phi) is 11.3. The molecule has 0 amide bonds. The van der Waals surface area contributed by atoms with Crippen molar-refractivity contribution in [3.05, 3.63) is 46.0 Å². The third kappa shape index (κ3) is 8.34. The Morgan fingerprint density at radius 1 is 1.17 bits per heavy atom. The maximum Gasteiger partial charge on any atom is 0.328 e. The first-order valence-electron chi connectivity index (χ1n) is 9.63. The van der Waals surface area contributed by atoms with Crippen LogP contribution in [0.15, 0.2) is 30.4 Å². The molecule has 0 bridgehead atoms. The van der Waals surface area contributed by atoms with Crippen LogP contribution in [0.2, 0.25) is 10.0 Å². The van der Waals surface area contributed by atoms with Gasteiger partial charge >= 0.3 is 11.9 Å². The number of ether oxygens (including phenoxy) is 1. The predicted molar refractivity (Wildman–Crippen MR) is 115 cm³/mol. The molecular formula is C21H29Cl2NO5. The van der Waals surface area contributed by atoms with Gasteiger partial charge in [-0.25, -0.2) is 9.59 Å². The summed E-state index contributed by atoms with van der Waals surface area (Å²) in [6.07, 6.45) is 5.87. The molecule has 1 unspecified atom stereocenters. The van der Waals surface area contributed by atoms with Crippen molar-refractivity contribution in [1.82, 2.24) is 5.32 Å². The molecule has 1 aromatic rings. The molecule has 6 nitrogen and oxygen atoms in total. The zero-order valence-corrected chi connectivity index (χ0v) is 18.3. The molecule has 1 fully saturated rings. The summed E-state index contributed by atoms with van der Waals surface area (Å²) in [4.78, 5) is 19.1. The van der Waals surface area contributed by atoms with E-state index in [1.165, 1.54) is 24.8 Å². The van der Waals surface area contributed by atoms with Gasteiger partial charge in [-0.1, -0.05) is 42.6 Å². The molecule has 0 aromatic heterocycles. The van der Waals surface area contributed by atoms with E-state index in [1.807, 2.05) is 12.1 Å². The van der Waals surface area contributed by atoms with Crippen LogP contribution in [0.4, 0.5) is 0 Å². The fourth-order valence-electron chi connectivity index (χ4n) is 3.27. The highest BCUT2D eigenvalue weighted by Gasteiger charge is 2.43. The van der Waals surface area contributed by atoms with E-state index in [-0.39, 0.29) is 5.41 Å². The quantitative estimate of drug-likeness (QED) is 0.361. The Bertz CT molecular complexity index is 688. The van der Waals surface area contributed by atoms with Gasteiger partial charge < -0.3 is 20.3 Å². The number of halogens is 2. The van der Waals surface area contributed by atoms with Gasteiger partial charge in [-0.2, -0.15) is 0 Å². The van der Waals surface area contributed by atoms with Crippen molar-refractivity contribution in [2.45, 2.75) is 51.0 Å². The molecule has 1 aliphatic rings. The molecule has 0 spiro atoms. The van der Waals surface area contributed by atoms with Gasteiger partial charge in [0.25, 0.3) is 0 Å². The van der Waals surface area contributed by atoms with Crippen LogP contribution in [0.3, 0.4) is 0 Å². The molecular weight excluding hydrogens is 417 g/mol. The summed E-state index contributed by atoms with van der Waals surface area (Å²) >= 11 is 12.2. The summed E-state index contributed by atoms with van der Waals surface area (Å²) in [7, 11) is 0. The van der Waals surface area contributed by atoms with E-state index in [4.69, 9.17) is 38.2 Å². The van der Waals surface area contributed by atoms with Crippen LogP contribution < -0.4 is 5.32 Å². The fourth-order valence-corrected chi connectivity index (χ4v) is 3.57. The van der Waals surface area contributed by atoms with Crippen molar-refractivity contribution in [1.29, 1.82) is 0 Å². The fraction of sp³-hybridized carbons (Fsp3) is 0.524. The van der Waals surface area contributed by atoms with Crippen molar-refractivity contribution in [2.75, 3.05) is 19.8 Å². The highest BCUT2D eigenvalue weighted by molar-refractivity contribution is 6.42. The van der Waals surface area contributed by atoms with E-state index in [1.54, 1.807) is 0 Å². The topological polar surface area (TPSA) is 95.9 Å². The molecule has 0 aliphatic heterocycles. The smallest absolute Gasteiger partial charge is 0.328 e. The van der Waals surface area contributed by atoms with Gasteiger partial charge in [-0.05, 0) is 43.9 Å². The Hall–Kier alpha value is -1.60. The van der Waals surface area contributed by atoms with E-state index in [2.05, 4.69) is 25.2 Å². The van der Waals surface area contributed by atoms with Gasteiger partial charge in [0.2, 0.25) is 0 Å². The average Bonchev–Trinajstić information content (AvgIpc) is 2.62. The van der Waals surface area contributed by atoms with Crippen LogP contribution in [0.25, 0.3) is 0 Å². The minimum absolute atomic E-state index is 0.193. The second-order valence-corrected chi connectivity index (χ2v) is 7.75. The number of carboxylic acids is 2. The summed E-state index contributed by atoms with van der Waals surface area (Å²) in [5.41, 5.74) is 1.50. The molecule has 0 saturated heterocycles. The number of carbonyl (C=O) groups is 2. The minimum atomic E-state index is -1.26. The number of carboxylic acid groups (broad SMARTS) is 2. The van der Waals surface area contributed by atoms with E-state index in [0.29, 0.717) is 28.2 Å². The Balaban J connectivity index is 0.000000447. The third-order valence-corrected chi connectivity index (χ3v) is 5.72. The lowest BCUT2D eigenvalue weighted by atomic mass is 9.60. The molecule has 162 valence electrons. The Morgan fingerprint density at radius 3 is 2.24 bits per heavy atom.